The van der Waals surface area contributed by atoms with Crippen LogP contribution in [-0.4, -0.2) is 47.2 Å². The van der Waals surface area contributed by atoms with Gasteiger partial charge in [-0.25, -0.2) is 4.79 Å². The van der Waals surface area contributed by atoms with Crippen molar-refractivity contribution in [3.8, 4) is 0 Å². The number of amides is 2. The standard InChI is InChI=1S/C15H23N3O3/c1-3-21-15(20)18-8-5-13(6-9-18)16-14(19)10-12-4-7-17(2)11-12/h4,7,11,13H,3,5-6,8-10H2,1-2H3,(H,16,19). The van der Waals surface area contributed by atoms with Crippen LogP contribution in [-0.2, 0) is 23.0 Å². The predicted molar refractivity (Wildman–Crippen MR) is 78.9 cm³/mol. The van der Waals surface area contributed by atoms with Crippen molar-refractivity contribution < 1.29 is 14.3 Å². The molecule has 1 aliphatic rings. The van der Waals surface area contributed by atoms with Crippen LogP contribution in [0.15, 0.2) is 18.5 Å². The molecule has 0 spiro atoms. The molecule has 0 aromatic carbocycles. The van der Waals surface area contributed by atoms with Gasteiger partial charge in [0.05, 0.1) is 13.0 Å². The Morgan fingerprint density at radius 2 is 2.10 bits per heavy atom. The summed E-state index contributed by atoms with van der Waals surface area (Å²) in [6.07, 6.45) is 5.58. The van der Waals surface area contributed by atoms with E-state index in [1.807, 2.05) is 30.1 Å². The number of piperidine rings is 1. The summed E-state index contributed by atoms with van der Waals surface area (Å²) >= 11 is 0. The van der Waals surface area contributed by atoms with Crippen LogP contribution in [0.4, 0.5) is 4.79 Å². The lowest BCUT2D eigenvalue weighted by Gasteiger charge is -2.31. The topological polar surface area (TPSA) is 63.6 Å². The summed E-state index contributed by atoms with van der Waals surface area (Å²) in [7, 11) is 1.94. The van der Waals surface area contributed by atoms with Crippen molar-refractivity contribution in [2.45, 2.75) is 32.2 Å². The monoisotopic (exact) mass is 293 g/mol. The van der Waals surface area contributed by atoms with Crippen molar-refractivity contribution in [3.05, 3.63) is 24.0 Å². The molecular weight excluding hydrogens is 270 g/mol. The van der Waals surface area contributed by atoms with Crippen molar-refractivity contribution in [1.29, 1.82) is 0 Å². The van der Waals surface area contributed by atoms with E-state index in [4.69, 9.17) is 4.74 Å². The van der Waals surface area contributed by atoms with Crippen LogP contribution < -0.4 is 5.32 Å². The molecule has 0 radical (unpaired) electrons. The van der Waals surface area contributed by atoms with E-state index in [0.29, 0.717) is 26.1 Å². The maximum Gasteiger partial charge on any atom is 0.409 e. The highest BCUT2D eigenvalue weighted by Crippen LogP contribution is 2.12. The maximum atomic E-state index is 12.0. The first-order chi connectivity index (χ1) is 10.1. The quantitative estimate of drug-likeness (QED) is 0.910. The third kappa shape index (κ3) is 4.51. The van der Waals surface area contributed by atoms with Crippen LogP contribution in [0.5, 0.6) is 0 Å². The Hall–Kier alpha value is -1.98. The molecule has 2 amide bonds. The second-order valence-corrected chi connectivity index (χ2v) is 5.39. The van der Waals surface area contributed by atoms with E-state index in [1.54, 1.807) is 11.8 Å². The summed E-state index contributed by atoms with van der Waals surface area (Å²) < 4.78 is 6.91. The lowest BCUT2D eigenvalue weighted by atomic mass is 10.0. The summed E-state index contributed by atoms with van der Waals surface area (Å²) in [5, 5.41) is 3.04. The first-order valence-electron chi connectivity index (χ1n) is 7.40. The molecule has 0 saturated carbocycles. The number of nitrogens with zero attached hydrogens (tertiary/aromatic N) is 2. The Kier molecular flexibility index (Phi) is 5.25. The van der Waals surface area contributed by atoms with Gasteiger partial charge in [-0.1, -0.05) is 0 Å². The summed E-state index contributed by atoms with van der Waals surface area (Å²) in [6.45, 7) is 3.46. The van der Waals surface area contributed by atoms with Crippen molar-refractivity contribution in [3.63, 3.8) is 0 Å². The van der Waals surface area contributed by atoms with Gasteiger partial charge in [0.15, 0.2) is 0 Å². The minimum atomic E-state index is -0.258. The van der Waals surface area contributed by atoms with Crippen LogP contribution in [0, 0.1) is 0 Å². The van der Waals surface area contributed by atoms with Gasteiger partial charge in [0.2, 0.25) is 5.91 Å². The van der Waals surface area contributed by atoms with E-state index >= 15 is 0 Å². The number of carbonyl (C=O) groups is 2. The normalized spacial score (nSPS) is 15.8. The predicted octanol–water partition coefficient (Wildman–Crippen LogP) is 1.30. The number of rotatable bonds is 4. The lowest BCUT2D eigenvalue weighted by Crippen LogP contribution is -2.47. The molecule has 1 saturated heterocycles. The van der Waals surface area contributed by atoms with Crippen LogP contribution in [0.25, 0.3) is 0 Å². The van der Waals surface area contributed by atoms with Crippen LogP contribution in [0.2, 0.25) is 0 Å². The van der Waals surface area contributed by atoms with Crippen molar-refractivity contribution in [2.24, 2.45) is 7.05 Å². The molecule has 1 N–H and O–H groups in total. The van der Waals surface area contributed by atoms with Gasteiger partial charge in [-0.05, 0) is 31.4 Å². The molecule has 1 aromatic rings. The average molecular weight is 293 g/mol. The van der Waals surface area contributed by atoms with Crippen LogP contribution in [0.1, 0.15) is 25.3 Å². The Balaban J connectivity index is 1.73. The molecule has 6 heteroatoms. The molecule has 0 aliphatic carbocycles. The Labute approximate surface area is 125 Å². The van der Waals surface area contributed by atoms with Gasteiger partial charge < -0.3 is 19.5 Å². The fourth-order valence-electron chi connectivity index (χ4n) is 2.55. The Morgan fingerprint density at radius 3 is 2.67 bits per heavy atom. The molecule has 116 valence electrons. The summed E-state index contributed by atoms with van der Waals surface area (Å²) in [5.74, 6) is 0.0378. The number of hydrogen-bond donors (Lipinski definition) is 1. The molecule has 1 aliphatic heterocycles. The van der Waals surface area contributed by atoms with E-state index in [1.165, 1.54) is 0 Å². The Morgan fingerprint density at radius 1 is 1.38 bits per heavy atom. The number of carbonyl (C=O) groups excluding carboxylic acids is 2. The molecule has 2 heterocycles. The zero-order valence-corrected chi connectivity index (χ0v) is 12.7. The molecule has 1 fully saturated rings. The first-order valence-corrected chi connectivity index (χ1v) is 7.40. The number of likely N-dealkylation sites (tertiary alicyclic amines) is 1. The smallest absolute Gasteiger partial charge is 0.409 e. The van der Waals surface area contributed by atoms with Gasteiger partial charge in [0.25, 0.3) is 0 Å². The van der Waals surface area contributed by atoms with Crippen molar-refractivity contribution in [1.82, 2.24) is 14.8 Å². The zero-order valence-electron chi connectivity index (χ0n) is 12.7. The van der Waals surface area contributed by atoms with E-state index < -0.39 is 0 Å². The molecule has 0 atom stereocenters. The summed E-state index contributed by atoms with van der Waals surface area (Å²) in [4.78, 5) is 25.3. The van der Waals surface area contributed by atoms with Gasteiger partial charge in [0, 0.05) is 38.6 Å². The average Bonchev–Trinajstić information content (AvgIpc) is 2.85. The maximum absolute atomic E-state index is 12.0. The lowest BCUT2D eigenvalue weighted by molar-refractivity contribution is -0.121. The minimum absolute atomic E-state index is 0.0378. The van der Waals surface area contributed by atoms with Crippen molar-refractivity contribution in [2.75, 3.05) is 19.7 Å². The molecule has 1 aromatic heterocycles. The van der Waals surface area contributed by atoms with Gasteiger partial charge in [0.1, 0.15) is 0 Å². The van der Waals surface area contributed by atoms with E-state index in [9.17, 15) is 9.59 Å². The van der Waals surface area contributed by atoms with Gasteiger partial charge >= 0.3 is 6.09 Å². The fourth-order valence-corrected chi connectivity index (χ4v) is 2.55. The van der Waals surface area contributed by atoms with Gasteiger partial charge in [-0.3, -0.25) is 4.79 Å². The first kappa shape index (κ1) is 15.4. The van der Waals surface area contributed by atoms with E-state index in [-0.39, 0.29) is 18.0 Å². The number of aryl methyl sites for hydroxylation is 1. The number of ether oxygens (including phenoxy) is 1. The highest BCUT2D eigenvalue weighted by molar-refractivity contribution is 5.78. The second-order valence-electron chi connectivity index (χ2n) is 5.39. The Bertz CT molecular complexity index is 490. The molecular formula is C15H23N3O3. The van der Waals surface area contributed by atoms with Gasteiger partial charge in [-0.2, -0.15) is 0 Å². The fraction of sp³-hybridized carbons (Fsp3) is 0.600. The number of hydrogen-bond acceptors (Lipinski definition) is 3. The third-order valence-electron chi connectivity index (χ3n) is 3.64. The molecule has 6 nitrogen and oxygen atoms in total. The third-order valence-corrected chi connectivity index (χ3v) is 3.64. The second kappa shape index (κ2) is 7.15. The molecule has 2 rings (SSSR count). The van der Waals surface area contributed by atoms with Gasteiger partial charge in [-0.15, -0.1) is 0 Å². The number of aromatic nitrogens is 1. The zero-order chi connectivity index (χ0) is 15.2. The number of nitrogens with one attached hydrogen (secondary N) is 1. The highest BCUT2D eigenvalue weighted by atomic mass is 16.6. The molecule has 0 unspecified atom stereocenters. The van der Waals surface area contributed by atoms with Crippen LogP contribution >= 0.6 is 0 Å². The minimum Gasteiger partial charge on any atom is -0.450 e. The SMILES string of the molecule is CCOC(=O)N1CCC(NC(=O)Cc2ccn(C)c2)CC1. The largest absolute Gasteiger partial charge is 0.450 e. The van der Waals surface area contributed by atoms with Crippen molar-refractivity contribution >= 4 is 12.0 Å². The molecule has 0 bridgehead atoms. The summed E-state index contributed by atoms with van der Waals surface area (Å²) in [6, 6.07) is 2.09. The van der Waals surface area contributed by atoms with E-state index in [2.05, 4.69) is 5.32 Å². The highest BCUT2D eigenvalue weighted by Gasteiger charge is 2.24. The van der Waals surface area contributed by atoms with Crippen LogP contribution in [0.3, 0.4) is 0 Å². The van der Waals surface area contributed by atoms with E-state index in [0.717, 1.165) is 18.4 Å². The summed E-state index contributed by atoms with van der Waals surface area (Å²) in [5.41, 5.74) is 1.01. The molecule has 21 heavy (non-hydrogen) atoms.